The fourth-order valence-corrected chi connectivity index (χ4v) is 4.25. The van der Waals surface area contributed by atoms with E-state index in [-0.39, 0.29) is 16.3 Å². The Balaban J connectivity index is 2.17. The third-order valence-corrected chi connectivity index (χ3v) is 6.00. The van der Waals surface area contributed by atoms with E-state index in [9.17, 15) is 13.2 Å². The van der Waals surface area contributed by atoms with E-state index < -0.39 is 27.3 Å². The molecule has 1 aliphatic rings. The van der Waals surface area contributed by atoms with Crippen LogP contribution in [-0.2, 0) is 21.3 Å². The summed E-state index contributed by atoms with van der Waals surface area (Å²) in [6, 6.07) is 3.80. The lowest BCUT2D eigenvalue weighted by molar-refractivity contribution is 0.500. The quantitative estimate of drug-likeness (QED) is 0.548. The summed E-state index contributed by atoms with van der Waals surface area (Å²) >= 11 is 0. The molecule has 10 heteroatoms. The van der Waals surface area contributed by atoms with E-state index in [1.165, 1.54) is 23.6 Å². The van der Waals surface area contributed by atoms with Crippen LogP contribution in [0.2, 0.25) is 0 Å². The highest BCUT2D eigenvalue weighted by molar-refractivity contribution is 7.89. The molecule has 0 radical (unpaired) electrons. The van der Waals surface area contributed by atoms with Crippen LogP contribution < -0.4 is 10.4 Å². The van der Waals surface area contributed by atoms with Crippen molar-refractivity contribution in [2.75, 3.05) is 0 Å². The number of fused-ring (bicyclic) bond motifs is 1. The van der Waals surface area contributed by atoms with Gasteiger partial charge in [-0.25, -0.2) is 22.5 Å². The third kappa shape index (κ3) is 3.17. The minimum Gasteiger partial charge on any atom is -0.412 e. The van der Waals surface area contributed by atoms with Crippen LogP contribution in [0.4, 0.5) is 0 Å². The SMILES string of the molecule is CCn1c(=O)n(C(=N)OC(C)=N)c2cc(S(=O)(=O)NC3(C)CC3)ccc21. The average molecular weight is 379 g/mol. The van der Waals surface area contributed by atoms with Crippen molar-refractivity contribution >= 4 is 33.0 Å². The molecule has 140 valence electrons. The van der Waals surface area contributed by atoms with E-state index >= 15 is 0 Å². The van der Waals surface area contributed by atoms with E-state index in [0.717, 1.165) is 17.4 Å². The van der Waals surface area contributed by atoms with Gasteiger partial charge in [-0.2, -0.15) is 0 Å². The standard InChI is InChI=1S/C16H21N5O4S/c1-4-20-12-6-5-11(26(23,24)19-16(3)7-8-16)9-13(12)21(15(20)22)14(18)25-10(2)17/h5-6,9,17-19H,4,7-8H2,1-3H3. The third-order valence-electron chi connectivity index (χ3n) is 4.36. The maximum Gasteiger partial charge on any atom is 0.337 e. The number of hydrogen-bond acceptors (Lipinski definition) is 6. The molecule has 2 aromatic rings. The first-order valence-corrected chi connectivity index (χ1v) is 9.67. The first-order valence-electron chi connectivity index (χ1n) is 8.19. The number of rotatable bonds is 4. The van der Waals surface area contributed by atoms with Crippen LogP contribution >= 0.6 is 0 Å². The van der Waals surface area contributed by atoms with Gasteiger partial charge < -0.3 is 4.74 Å². The van der Waals surface area contributed by atoms with Crippen LogP contribution in [0, 0.1) is 10.8 Å². The molecule has 3 N–H and O–H groups in total. The molecule has 1 fully saturated rings. The number of aromatic nitrogens is 2. The average Bonchev–Trinajstić information content (AvgIpc) is 3.16. The molecule has 1 aliphatic carbocycles. The molecule has 0 atom stereocenters. The Morgan fingerprint density at radius 1 is 1.31 bits per heavy atom. The van der Waals surface area contributed by atoms with Crippen molar-refractivity contribution < 1.29 is 13.2 Å². The van der Waals surface area contributed by atoms with Crippen molar-refractivity contribution in [2.45, 2.75) is 50.6 Å². The van der Waals surface area contributed by atoms with Gasteiger partial charge >= 0.3 is 11.7 Å². The normalized spacial score (nSPS) is 15.8. The second-order valence-electron chi connectivity index (χ2n) is 6.64. The summed E-state index contributed by atoms with van der Waals surface area (Å²) in [5.74, 6) is -0.244. The molecule has 0 unspecified atom stereocenters. The Labute approximate surface area is 150 Å². The van der Waals surface area contributed by atoms with E-state index in [4.69, 9.17) is 15.6 Å². The van der Waals surface area contributed by atoms with Gasteiger partial charge in [-0.05, 0) is 44.9 Å². The summed E-state index contributed by atoms with van der Waals surface area (Å²) < 4.78 is 35.3. The largest absolute Gasteiger partial charge is 0.412 e. The molecule has 1 aromatic carbocycles. The lowest BCUT2D eigenvalue weighted by atomic mass is 10.3. The summed E-state index contributed by atoms with van der Waals surface area (Å²) in [5, 5.41) is 15.3. The number of nitrogens with zero attached hydrogens (tertiary/aromatic N) is 2. The van der Waals surface area contributed by atoms with E-state index in [2.05, 4.69) is 4.72 Å². The maximum absolute atomic E-state index is 12.6. The van der Waals surface area contributed by atoms with Crippen molar-refractivity contribution in [3.05, 3.63) is 28.7 Å². The van der Waals surface area contributed by atoms with Gasteiger partial charge in [0.1, 0.15) is 0 Å². The summed E-state index contributed by atoms with van der Waals surface area (Å²) in [6.45, 7) is 5.30. The van der Waals surface area contributed by atoms with E-state index in [1.54, 1.807) is 13.0 Å². The second kappa shape index (κ2) is 6.06. The smallest absolute Gasteiger partial charge is 0.337 e. The predicted molar refractivity (Wildman–Crippen MR) is 97.4 cm³/mol. The number of hydrogen-bond donors (Lipinski definition) is 3. The van der Waals surface area contributed by atoms with Crippen LogP contribution in [0.25, 0.3) is 11.0 Å². The monoisotopic (exact) mass is 379 g/mol. The lowest BCUT2D eigenvalue weighted by Crippen LogP contribution is -2.34. The Kier molecular flexibility index (Phi) is 4.27. The van der Waals surface area contributed by atoms with Crippen molar-refractivity contribution in [2.24, 2.45) is 0 Å². The highest BCUT2D eigenvalue weighted by atomic mass is 32.2. The Hall–Kier alpha value is -2.46. The zero-order valence-corrected chi connectivity index (χ0v) is 15.6. The van der Waals surface area contributed by atoms with Gasteiger partial charge in [-0.3, -0.25) is 15.4 Å². The second-order valence-corrected chi connectivity index (χ2v) is 8.32. The fraction of sp³-hybridized carbons (Fsp3) is 0.438. The first kappa shape index (κ1) is 18.3. The predicted octanol–water partition coefficient (Wildman–Crippen LogP) is 1.45. The molecule has 0 amide bonds. The molecule has 26 heavy (non-hydrogen) atoms. The number of sulfonamides is 1. The lowest BCUT2D eigenvalue weighted by Gasteiger charge is -2.12. The van der Waals surface area contributed by atoms with Crippen molar-refractivity contribution in [3.63, 3.8) is 0 Å². The molecule has 1 aromatic heterocycles. The number of imidazole rings is 1. The minimum absolute atomic E-state index is 0.0134. The molecule has 0 saturated heterocycles. The first-order chi connectivity index (χ1) is 12.1. The van der Waals surface area contributed by atoms with Gasteiger partial charge in [0.05, 0.1) is 15.9 Å². The van der Waals surface area contributed by atoms with Crippen LogP contribution in [0.1, 0.15) is 33.6 Å². The number of ether oxygens (including phenoxy) is 1. The molecule has 0 aliphatic heterocycles. The van der Waals surface area contributed by atoms with Gasteiger partial charge in [0.25, 0.3) is 0 Å². The summed E-state index contributed by atoms with van der Waals surface area (Å²) in [6.07, 6.45) is 1.56. The fourth-order valence-electron chi connectivity index (χ4n) is 2.77. The number of benzene rings is 1. The van der Waals surface area contributed by atoms with Crippen molar-refractivity contribution in [1.29, 1.82) is 10.8 Å². The number of aryl methyl sites for hydroxylation is 1. The molecule has 1 heterocycles. The Morgan fingerprint density at radius 3 is 2.50 bits per heavy atom. The summed E-state index contributed by atoms with van der Waals surface area (Å²) in [4.78, 5) is 12.6. The molecule has 1 saturated carbocycles. The van der Waals surface area contributed by atoms with Crippen LogP contribution in [-0.4, -0.2) is 35.0 Å². The zero-order valence-electron chi connectivity index (χ0n) is 14.8. The van der Waals surface area contributed by atoms with Gasteiger partial charge in [-0.1, -0.05) is 0 Å². The molecule has 9 nitrogen and oxygen atoms in total. The molecular weight excluding hydrogens is 358 g/mol. The molecular formula is C16H21N5O4S. The van der Waals surface area contributed by atoms with Crippen LogP contribution in [0.15, 0.2) is 27.9 Å². The number of nitrogens with one attached hydrogen (secondary N) is 3. The highest BCUT2D eigenvalue weighted by Crippen LogP contribution is 2.36. The van der Waals surface area contributed by atoms with Gasteiger partial charge in [0, 0.05) is 19.0 Å². The highest BCUT2D eigenvalue weighted by Gasteiger charge is 2.41. The van der Waals surface area contributed by atoms with Crippen LogP contribution in [0.5, 0.6) is 0 Å². The Bertz CT molecular complexity index is 1080. The van der Waals surface area contributed by atoms with Gasteiger partial charge in [-0.15, -0.1) is 0 Å². The topological polar surface area (TPSA) is 130 Å². The van der Waals surface area contributed by atoms with Crippen LogP contribution in [0.3, 0.4) is 0 Å². The van der Waals surface area contributed by atoms with E-state index in [1.807, 2.05) is 6.92 Å². The van der Waals surface area contributed by atoms with Gasteiger partial charge in [0.15, 0.2) is 5.90 Å². The Morgan fingerprint density at radius 2 is 1.96 bits per heavy atom. The van der Waals surface area contributed by atoms with E-state index in [0.29, 0.717) is 12.1 Å². The summed E-state index contributed by atoms with van der Waals surface area (Å²) in [5.41, 5.74) is -0.210. The van der Waals surface area contributed by atoms with Gasteiger partial charge in [0.2, 0.25) is 10.0 Å². The molecule has 0 spiro atoms. The maximum atomic E-state index is 12.6. The molecule has 3 rings (SSSR count). The van der Waals surface area contributed by atoms with Crippen molar-refractivity contribution in [1.82, 2.24) is 13.9 Å². The zero-order chi connectivity index (χ0) is 19.3. The minimum atomic E-state index is -3.75. The molecule has 0 bridgehead atoms. The van der Waals surface area contributed by atoms with Crippen molar-refractivity contribution in [3.8, 4) is 0 Å². The summed E-state index contributed by atoms with van der Waals surface area (Å²) in [7, 11) is -3.75.